The van der Waals surface area contributed by atoms with Gasteiger partial charge in [-0.05, 0) is 37.7 Å². The maximum absolute atomic E-state index is 5.75. The van der Waals surface area contributed by atoms with E-state index in [1.807, 2.05) is 6.26 Å². The Morgan fingerprint density at radius 3 is 3.22 bits per heavy atom. The van der Waals surface area contributed by atoms with Crippen molar-refractivity contribution in [2.75, 3.05) is 13.2 Å². The van der Waals surface area contributed by atoms with Gasteiger partial charge in [0.15, 0.2) is 0 Å². The molecule has 1 N–H and O–H groups in total. The Morgan fingerprint density at radius 2 is 2.33 bits per heavy atom. The summed E-state index contributed by atoms with van der Waals surface area (Å²) in [6.45, 7) is 4.23. The lowest BCUT2D eigenvalue weighted by molar-refractivity contribution is 0.0864. The van der Waals surface area contributed by atoms with Crippen LogP contribution in [-0.4, -0.2) is 19.3 Å². The van der Waals surface area contributed by atoms with Crippen LogP contribution in [0.4, 0.5) is 0 Å². The lowest BCUT2D eigenvalue weighted by atomic mass is 9.92. The van der Waals surface area contributed by atoms with Crippen molar-refractivity contribution in [3.05, 3.63) is 23.7 Å². The topological polar surface area (TPSA) is 34.4 Å². The number of hydrogen-bond donors (Lipinski definition) is 1. The average molecular weight is 249 g/mol. The van der Waals surface area contributed by atoms with Gasteiger partial charge >= 0.3 is 0 Å². The molecular weight excluding hydrogens is 226 g/mol. The maximum Gasteiger partial charge on any atom is 0.108 e. The summed E-state index contributed by atoms with van der Waals surface area (Å²) >= 11 is 0. The van der Waals surface area contributed by atoms with Gasteiger partial charge in [-0.3, -0.25) is 0 Å². The average Bonchev–Trinajstić information content (AvgIpc) is 3.04. The van der Waals surface area contributed by atoms with E-state index in [0.29, 0.717) is 18.1 Å². The molecule has 1 saturated heterocycles. The van der Waals surface area contributed by atoms with Crippen LogP contribution >= 0.6 is 0 Å². The highest BCUT2D eigenvalue weighted by molar-refractivity contribution is 5.24. The van der Waals surface area contributed by atoms with E-state index < -0.39 is 0 Å². The number of rotatable bonds is 4. The van der Waals surface area contributed by atoms with Crippen molar-refractivity contribution in [3.63, 3.8) is 0 Å². The lowest BCUT2D eigenvalue weighted by Gasteiger charge is -2.25. The Balaban J connectivity index is 1.58. The van der Waals surface area contributed by atoms with Gasteiger partial charge in [-0.2, -0.15) is 0 Å². The minimum absolute atomic E-state index is 0.463. The monoisotopic (exact) mass is 249 g/mol. The van der Waals surface area contributed by atoms with Gasteiger partial charge in [0.2, 0.25) is 0 Å². The highest BCUT2D eigenvalue weighted by atomic mass is 16.5. The maximum atomic E-state index is 5.75. The van der Waals surface area contributed by atoms with Crippen LogP contribution < -0.4 is 5.32 Å². The Labute approximate surface area is 109 Å². The van der Waals surface area contributed by atoms with Crippen LogP contribution in [0.3, 0.4) is 0 Å². The minimum atomic E-state index is 0.463. The largest absolute Gasteiger partial charge is 0.469 e. The van der Waals surface area contributed by atoms with E-state index in [-0.39, 0.29) is 0 Å². The van der Waals surface area contributed by atoms with Crippen molar-refractivity contribution in [2.24, 2.45) is 5.92 Å². The van der Waals surface area contributed by atoms with Gasteiger partial charge in [0.05, 0.1) is 12.4 Å². The molecule has 0 bridgehead atoms. The Morgan fingerprint density at radius 1 is 1.39 bits per heavy atom. The van der Waals surface area contributed by atoms with Gasteiger partial charge in [0.1, 0.15) is 5.76 Å². The van der Waals surface area contributed by atoms with E-state index in [1.54, 1.807) is 0 Å². The number of nitrogens with one attached hydrogen (secondary N) is 1. The predicted octanol–water partition coefficient (Wildman–Crippen LogP) is 3.06. The highest BCUT2D eigenvalue weighted by Gasteiger charge is 2.28. The van der Waals surface area contributed by atoms with Crippen LogP contribution in [0.2, 0.25) is 0 Å². The molecule has 3 atom stereocenters. The predicted molar refractivity (Wildman–Crippen MR) is 70.5 cm³/mol. The summed E-state index contributed by atoms with van der Waals surface area (Å²) in [5.74, 6) is 1.88. The van der Waals surface area contributed by atoms with Crippen molar-refractivity contribution in [3.8, 4) is 0 Å². The van der Waals surface area contributed by atoms with Gasteiger partial charge in [-0.15, -0.1) is 0 Å². The van der Waals surface area contributed by atoms with Crippen LogP contribution in [0.25, 0.3) is 0 Å². The normalized spacial score (nSPS) is 31.5. The van der Waals surface area contributed by atoms with E-state index >= 15 is 0 Å². The SMILES string of the molecule is CCC1OCCC1CNC1CCCc2occc21. The molecule has 3 heteroatoms. The van der Waals surface area contributed by atoms with Crippen LogP contribution in [0.1, 0.15) is 50.0 Å². The van der Waals surface area contributed by atoms with E-state index in [9.17, 15) is 0 Å². The van der Waals surface area contributed by atoms with E-state index in [4.69, 9.17) is 9.15 Å². The van der Waals surface area contributed by atoms with Crippen LogP contribution in [0.5, 0.6) is 0 Å². The van der Waals surface area contributed by atoms with Gasteiger partial charge in [-0.25, -0.2) is 0 Å². The summed E-state index contributed by atoms with van der Waals surface area (Å²) in [5.41, 5.74) is 1.38. The van der Waals surface area contributed by atoms with E-state index in [2.05, 4.69) is 18.3 Å². The standard InChI is InChI=1S/C15H23NO2/c1-2-14-11(6-8-17-14)10-16-13-4-3-5-15-12(13)7-9-18-15/h7,9,11,13-14,16H,2-6,8,10H2,1H3. The fourth-order valence-electron chi connectivity index (χ4n) is 3.37. The second-order valence-corrected chi connectivity index (χ2v) is 5.52. The summed E-state index contributed by atoms with van der Waals surface area (Å²) in [4.78, 5) is 0. The van der Waals surface area contributed by atoms with Gasteiger partial charge in [0, 0.05) is 31.2 Å². The molecule has 1 aliphatic heterocycles. The van der Waals surface area contributed by atoms with Crippen molar-refractivity contribution >= 4 is 0 Å². The fraction of sp³-hybridized carbons (Fsp3) is 0.733. The quantitative estimate of drug-likeness (QED) is 0.890. The smallest absolute Gasteiger partial charge is 0.108 e. The molecule has 1 aromatic rings. The molecule has 2 aliphatic rings. The molecule has 1 fully saturated rings. The molecule has 1 aliphatic carbocycles. The van der Waals surface area contributed by atoms with Crippen LogP contribution in [-0.2, 0) is 11.2 Å². The number of aryl methyl sites for hydroxylation is 1. The van der Waals surface area contributed by atoms with Crippen molar-refractivity contribution in [1.29, 1.82) is 0 Å². The summed E-state index contributed by atoms with van der Waals surface area (Å²) in [6.07, 6.45) is 8.20. The number of hydrogen-bond acceptors (Lipinski definition) is 3. The summed E-state index contributed by atoms with van der Waals surface area (Å²) < 4.78 is 11.3. The molecule has 0 aromatic carbocycles. The first-order valence-electron chi connectivity index (χ1n) is 7.29. The number of fused-ring (bicyclic) bond motifs is 1. The first kappa shape index (κ1) is 12.2. The fourth-order valence-corrected chi connectivity index (χ4v) is 3.37. The first-order chi connectivity index (χ1) is 8.88. The van der Waals surface area contributed by atoms with Gasteiger partial charge in [0.25, 0.3) is 0 Å². The molecule has 0 radical (unpaired) electrons. The molecule has 3 rings (SSSR count). The number of ether oxygens (including phenoxy) is 1. The third-order valence-electron chi connectivity index (χ3n) is 4.43. The molecule has 2 heterocycles. The summed E-state index contributed by atoms with van der Waals surface area (Å²) in [5, 5.41) is 3.73. The third kappa shape index (κ3) is 2.34. The second kappa shape index (κ2) is 5.45. The van der Waals surface area contributed by atoms with Gasteiger partial charge in [-0.1, -0.05) is 6.92 Å². The zero-order valence-corrected chi connectivity index (χ0v) is 11.2. The second-order valence-electron chi connectivity index (χ2n) is 5.52. The zero-order chi connectivity index (χ0) is 12.4. The molecule has 0 spiro atoms. The summed E-state index contributed by atoms with van der Waals surface area (Å²) in [7, 11) is 0. The van der Waals surface area contributed by atoms with Crippen molar-refractivity contribution in [1.82, 2.24) is 5.32 Å². The lowest BCUT2D eigenvalue weighted by Crippen LogP contribution is -2.32. The third-order valence-corrected chi connectivity index (χ3v) is 4.43. The molecular formula is C15H23NO2. The number of furan rings is 1. The molecule has 1 aromatic heterocycles. The van der Waals surface area contributed by atoms with Crippen molar-refractivity contribution in [2.45, 2.75) is 51.2 Å². The molecule has 100 valence electrons. The van der Waals surface area contributed by atoms with Crippen LogP contribution in [0, 0.1) is 5.92 Å². The molecule has 18 heavy (non-hydrogen) atoms. The Bertz CT molecular complexity index is 388. The Kier molecular flexibility index (Phi) is 3.71. The Hall–Kier alpha value is -0.800. The first-order valence-corrected chi connectivity index (χ1v) is 7.29. The zero-order valence-electron chi connectivity index (χ0n) is 11.2. The van der Waals surface area contributed by atoms with Gasteiger partial charge < -0.3 is 14.5 Å². The molecule has 3 nitrogen and oxygen atoms in total. The van der Waals surface area contributed by atoms with E-state index in [1.165, 1.54) is 30.6 Å². The summed E-state index contributed by atoms with van der Waals surface area (Å²) in [6, 6.07) is 2.62. The van der Waals surface area contributed by atoms with E-state index in [0.717, 1.165) is 26.0 Å². The molecule has 0 amide bonds. The minimum Gasteiger partial charge on any atom is -0.469 e. The molecule has 3 unspecified atom stereocenters. The highest BCUT2D eigenvalue weighted by Crippen LogP contribution is 2.31. The van der Waals surface area contributed by atoms with Crippen LogP contribution in [0.15, 0.2) is 16.7 Å². The molecule has 0 saturated carbocycles. The van der Waals surface area contributed by atoms with Crippen molar-refractivity contribution < 1.29 is 9.15 Å².